The molecule has 2 fully saturated rings. The molecule has 5 atom stereocenters. The van der Waals surface area contributed by atoms with Crippen LogP contribution in [0.2, 0.25) is 0 Å². The molecule has 2 rings (SSSR count). The average Bonchev–Trinajstić information content (AvgIpc) is 2.24. The third-order valence-electron chi connectivity index (χ3n) is 2.07. The van der Waals surface area contributed by atoms with Gasteiger partial charge in [0.05, 0.1) is 6.61 Å². The lowest BCUT2D eigenvalue weighted by molar-refractivity contribution is -0.233. The second-order valence-electron chi connectivity index (χ2n) is 2.85. The second-order valence-corrected chi connectivity index (χ2v) is 2.85. The van der Waals surface area contributed by atoms with Crippen LogP contribution in [0.5, 0.6) is 0 Å². The Kier molecular flexibility index (Phi) is 1.62. The van der Waals surface area contributed by atoms with Gasteiger partial charge >= 0.3 is 0 Å². The lowest BCUT2D eigenvalue weighted by atomic mass is 10.1. The Morgan fingerprint density at radius 2 is 1.82 bits per heavy atom. The minimum Gasteiger partial charge on any atom is -0.388 e. The predicted octanol–water partition coefficient (Wildman–Crippen LogP) is -2.18. The molecule has 0 amide bonds. The summed E-state index contributed by atoms with van der Waals surface area (Å²) in [6, 6.07) is 0. The van der Waals surface area contributed by atoms with E-state index in [1.165, 1.54) is 0 Å². The highest BCUT2D eigenvalue weighted by atomic mass is 16.7. The molecule has 2 bridgehead atoms. The van der Waals surface area contributed by atoms with E-state index in [-0.39, 0.29) is 6.61 Å². The Balaban J connectivity index is 2.16. The highest BCUT2D eigenvalue weighted by Crippen LogP contribution is 2.28. The van der Waals surface area contributed by atoms with Crippen LogP contribution in [0.1, 0.15) is 0 Å². The van der Waals surface area contributed by atoms with Crippen molar-refractivity contribution in [3.05, 3.63) is 0 Å². The Bertz CT molecular complexity index is 161. The Labute approximate surface area is 63.2 Å². The molecule has 5 heteroatoms. The maximum absolute atomic E-state index is 9.22. The molecule has 0 aromatic heterocycles. The van der Waals surface area contributed by atoms with Gasteiger partial charge in [-0.3, -0.25) is 0 Å². The summed E-state index contributed by atoms with van der Waals surface area (Å²) in [4.78, 5) is 0. The van der Waals surface area contributed by atoms with Crippen LogP contribution in [0.4, 0.5) is 0 Å². The first-order chi connectivity index (χ1) is 5.20. The summed E-state index contributed by atoms with van der Waals surface area (Å²) in [5, 5.41) is 27.6. The molecule has 0 aromatic carbocycles. The van der Waals surface area contributed by atoms with Crippen LogP contribution in [0, 0.1) is 0 Å². The number of aliphatic hydroxyl groups excluding tert-OH is 3. The second kappa shape index (κ2) is 2.40. The Morgan fingerprint density at radius 1 is 1.09 bits per heavy atom. The first-order valence-electron chi connectivity index (χ1n) is 3.51. The summed E-state index contributed by atoms with van der Waals surface area (Å²) in [6.07, 6.45) is -4.35. The van der Waals surface area contributed by atoms with E-state index >= 15 is 0 Å². The summed E-state index contributed by atoms with van der Waals surface area (Å²) in [5.41, 5.74) is 0. The minimum atomic E-state index is -1.03. The number of hydrogen-bond acceptors (Lipinski definition) is 5. The molecule has 0 unspecified atom stereocenters. The van der Waals surface area contributed by atoms with Gasteiger partial charge in [-0.15, -0.1) is 0 Å². The largest absolute Gasteiger partial charge is 0.388 e. The molecule has 0 aromatic rings. The number of hydrogen-bond donors (Lipinski definition) is 3. The molecule has 5 nitrogen and oxygen atoms in total. The van der Waals surface area contributed by atoms with Crippen molar-refractivity contribution < 1.29 is 24.8 Å². The van der Waals surface area contributed by atoms with Crippen LogP contribution in [0.3, 0.4) is 0 Å². The summed E-state index contributed by atoms with van der Waals surface area (Å²) in [7, 11) is 0. The van der Waals surface area contributed by atoms with Crippen molar-refractivity contribution in [2.75, 3.05) is 6.61 Å². The zero-order chi connectivity index (χ0) is 8.01. The van der Waals surface area contributed by atoms with Gasteiger partial charge in [-0.25, -0.2) is 0 Å². The molecular weight excluding hydrogens is 152 g/mol. The zero-order valence-electron chi connectivity index (χ0n) is 5.75. The van der Waals surface area contributed by atoms with E-state index in [0.717, 1.165) is 0 Å². The SMILES string of the molecule is O[C@@H]1[C@@H]2OC[C@H](O)[C@@H](O2)[C@H]1O. The molecule has 3 N–H and O–H groups in total. The zero-order valence-corrected chi connectivity index (χ0v) is 5.75. The van der Waals surface area contributed by atoms with Gasteiger partial charge in [0.15, 0.2) is 6.29 Å². The Morgan fingerprint density at radius 3 is 2.45 bits per heavy atom. The lowest BCUT2D eigenvalue weighted by Crippen LogP contribution is -2.41. The van der Waals surface area contributed by atoms with Crippen LogP contribution in [-0.4, -0.2) is 52.6 Å². The summed E-state index contributed by atoms with van der Waals surface area (Å²) in [5.74, 6) is 0. The molecule has 11 heavy (non-hydrogen) atoms. The molecule has 2 aliphatic heterocycles. The predicted molar refractivity (Wildman–Crippen MR) is 32.6 cm³/mol. The fraction of sp³-hybridized carbons (Fsp3) is 1.00. The van der Waals surface area contributed by atoms with Crippen LogP contribution in [0.15, 0.2) is 0 Å². The maximum atomic E-state index is 9.22. The van der Waals surface area contributed by atoms with E-state index in [2.05, 4.69) is 0 Å². The van der Waals surface area contributed by atoms with E-state index in [1.54, 1.807) is 0 Å². The van der Waals surface area contributed by atoms with E-state index < -0.39 is 30.7 Å². The number of ether oxygens (including phenoxy) is 2. The molecular formula is C6H10O5. The summed E-state index contributed by atoms with van der Waals surface area (Å²) >= 11 is 0. The van der Waals surface area contributed by atoms with Crippen molar-refractivity contribution in [1.29, 1.82) is 0 Å². The van der Waals surface area contributed by atoms with Crippen molar-refractivity contribution in [3.63, 3.8) is 0 Å². The van der Waals surface area contributed by atoms with Crippen molar-refractivity contribution in [3.8, 4) is 0 Å². The third kappa shape index (κ3) is 0.969. The molecule has 0 spiro atoms. The molecule has 0 aliphatic carbocycles. The van der Waals surface area contributed by atoms with Gasteiger partial charge in [-0.1, -0.05) is 0 Å². The first kappa shape index (κ1) is 7.45. The normalized spacial score (nSPS) is 56.5. The van der Waals surface area contributed by atoms with E-state index in [1.807, 2.05) is 0 Å². The lowest BCUT2D eigenvalue weighted by Gasteiger charge is -2.25. The van der Waals surface area contributed by atoms with E-state index in [9.17, 15) is 10.2 Å². The van der Waals surface area contributed by atoms with Gasteiger partial charge in [0, 0.05) is 0 Å². The third-order valence-corrected chi connectivity index (χ3v) is 2.07. The summed E-state index contributed by atoms with van der Waals surface area (Å²) < 4.78 is 9.84. The minimum absolute atomic E-state index is 0.115. The van der Waals surface area contributed by atoms with Crippen molar-refractivity contribution >= 4 is 0 Å². The molecule has 2 aliphatic rings. The topological polar surface area (TPSA) is 79.2 Å². The fourth-order valence-electron chi connectivity index (χ4n) is 1.42. The highest BCUT2D eigenvalue weighted by Gasteiger charge is 2.50. The van der Waals surface area contributed by atoms with Gasteiger partial charge in [-0.2, -0.15) is 0 Å². The molecule has 2 heterocycles. The van der Waals surface area contributed by atoms with Gasteiger partial charge < -0.3 is 24.8 Å². The van der Waals surface area contributed by atoms with Crippen molar-refractivity contribution in [1.82, 2.24) is 0 Å². The Hall–Kier alpha value is -0.200. The highest BCUT2D eigenvalue weighted by molar-refractivity contribution is 4.93. The maximum Gasteiger partial charge on any atom is 0.186 e. The van der Waals surface area contributed by atoms with E-state index in [4.69, 9.17) is 14.6 Å². The molecule has 0 radical (unpaired) electrons. The number of rotatable bonds is 0. The van der Waals surface area contributed by atoms with Gasteiger partial charge in [-0.05, 0) is 0 Å². The molecule has 2 saturated heterocycles. The van der Waals surface area contributed by atoms with E-state index in [0.29, 0.717) is 0 Å². The first-order valence-corrected chi connectivity index (χ1v) is 3.51. The van der Waals surface area contributed by atoms with Crippen molar-refractivity contribution in [2.45, 2.75) is 30.7 Å². The van der Waals surface area contributed by atoms with Gasteiger partial charge in [0.25, 0.3) is 0 Å². The van der Waals surface area contributed by atoms with Crippen molar-refractivity contribution in [2.24, 2.45) is 0 Å². The van der Waals surface area contributed by atoms with Gasteiger partial charge in [0.1, 0.15) is 24.4 Å². The average molecular weight is 162 g/mol. The monoisotopic (exact) mass is 162 g/mol. The molecule has 0 saturated carbocycles. The number of aliphatic hydroxyl groups is 3. The van der Waals surface area contributed by atoms with Gasteiger partial charge in [0.2, 0.25) is 0 Å². The standard InChI is InChI=1S/C6H10O5/c7-2-1-10-6-4(9)3(8)5(2)11-6/h2-9H,1H2/t2-,3-,4-,5+,6+/m0/s1. The molecule has 64 valence electrons. The van der Waals surface area contributed by atoms with Crippen LogP contribution in [0.25, 0.3) is 0 Å². The summed E-state index contributed by atoms with van der Waals surface area (Å²) in [6.45, 7) is 0.115. The number of fused-ring (bicyclic) bond motifs is 2. The van der Waals surface area contributed by atoms with Crippen LogP contribution in [-0.2, 0) is 9.47 Å². The quantitative estimate of drug-likeness (QED) is 0.377. The fourth-order valence-corrected chi connectivity index (χ4v) is 1.42. The smallest absolute Gasteiger partial charge is 0.186 e. The van der Waals surface area contributed by atoms with Crippen LogP contribution < -0.4 is 0 Å². The van der Waals surface area contributed by atoms with Crippen LogP contribution >= 0.6 is 0 Å².